The van der Waals surface area contributed by atoms with E-state index in [1.807, 2.05) is 50.4 Å². The summed E-state index contributed by atoms with van der Waals surface area (Å²) < 4.78 is 11.9. The molecule has 0 heterocycles. The van der Waals surface area contributed by atoms with Crippen molar-refractivity contribution in [1.29, 1.82) is 0 Å². The summed E-state index contributed by atoms with van der Waals surface area (Å²) in [4.78, 5) is 168. The van der Waals surface area contributed by atoms with Crippen molar-refractivity contribution in [3.63, 3.8) is 0 Å². The van der Waals surface area contributed by atoms with Crippen LogP contribution in [-0.2, 0) is 73.4 Å². The number of unbranched alkanes of at least 4 members (excludes halogenated alkanes) is 27. The van der Waals surface area contributed by atoms with E-state index in [1.54, 1.807) is 11.8 Å². The summed E-state index contributed by atoms with van der Waals surface area (Å²) >= 11 is 2.80. The normalized spacial score (nSPS) is 13.4. The minimum Gasteiger partial charge on any atom is -0.462 e. The van der Waals surface area contributed by atoms with E-state index in [-0.39, 0.29) is 181 Å². The molecule has 0 aromatic heterocycles. The van der Waals surface area contributed by atoms with Gasteiger partial charge in [-0.1, -0.05) is 266 Å². The fourth-order valence-corrected chi connectivity index (χ4v) is 17.4. The number of amides is 5. The van der Waals surface area contributed by atoms with Crippen molar-refractivity contribution in [1.82, 2.24) is 26.6 Å². The second-order valence-corrected chi connectivity index (χ2v) is 39.2. The largest absolute Gasteiger partial charge is 0.462 e. The number of rotatable bonds is 87. The minimum absolute atomic E-state index is 0. The molecule has 0 aliphatic carbocycles. The lowest BCUT2D eigenvalue weighted by Gasteiger charge is -2.26. The molecule has 128 heavy (non-hydrogen) atoms. The second kappa shape index (κ2) is 85.2. The zero-order valence-corrected chi connectivity index (χ0v) is 84.9. The summed E-state index contributed by atoms with van der Waals surface area (Å²) in [5, 5.41) is 25.6. The predicted octanol–water partition coefficient (Wildman–Crippen LogP) is 19.0. The van der Waals surface area contributed by atoms with Crippen LogP contribution in [0.2, 0.25) is 0 Å². The Morgan fingerprint density at radius 2 is 0.805 bits per heavy atom. The van der Waals surface area contributed by atoms with E-state index < -0.39 is 102 Å². The van der Waals surface area contributed by atoms with Crippen molar-refractivity contribution in [2.24, 2.45) is 64.5 Å². The van der Waals surface area contributed by atoms with E-state index in [9.17, 15) is 62.6 Å². The first-order chi connectivity index (χ1) is 60.2. The van der Waals surface area contributed by atoms with Crippen LogP contribution in [0.1, 0.15) is 382 Å². The summed E-state index contributed by atoms with van der Waals surface area (Å²) in [5.74, 6) is -5.67. The number of carbonyl (C=O) groups excluding carboxylic acids is 12. The molecule has 5 amide bonds. The Labute approximate surface area is 801 Å². The molecule has 1 rings (SSSR count). The van der Waals surface area contributed by atoms with Crippen molar-refractivity contribution < 1.29 is 72.1 Å². The van der Waals surface area contributed by atoms with Crippen LogP contribution in [-0.4, -0.2) is 169 Å². The third-order valence-electron chi connectivity index (χ3n) is 23.6. The maximum absolute atomic E-state index is 14.8. The Morgan fingerprint density at radius 3 is 1.27 bits per heavy atom. The van der Waals surface area contributed by atoms with Crippen LogP contribution in [0.5, 0.6) is 0 Å². The number of halogens is 3. The summed E-state index contributed by atoms with van der Waals surface area (Å²) in [6, 6.07) is 5.10. The second-order valence-electron chi connectivity index (χ2n) is 37.2. The van der Waals surface area contributed by atoms with E-state index in [2.05, 4.69) is 68.1 Å². The standard InChI is InChI=1S/C100H178N8O15S2.3ClH/c1-76(2)47-32-25-19-13-10-16-22-28-37-56-94(115)105-89(75-125-74-85(123-96(117)58-39-30-24-18-12-15-21-27-34-49-78(5)6)73-122-95(116)57-38-29-23-17-11-14-20-26-33-48-77(3)4)93(114)71-84(72-110)100(121)107-87(54-42-45-63-103)91(112)69-82(52-40-43-61-101)99(120)106-86(53-41-44-62-102)90(111)55-46-64-104-97(118)83(68-80-50-35-31-36-51-80)70-92(113)88(67-79(7)8)108-98(119)81(59-65-109)60-66-124-9;;;/h31,35-36,50-51,65,76-79,81-89,110H,10-30,32-34,37-49,52-64,66-75,101-103H2,1-9H3,(H,104,118)(H,105,115)(H,106,120)(H,107,121)(H,108,119);3*1H/t81-,82+,83+,84-,85?,86-,87-,88-,89-;;;/m0.../s1. The van der Waals surface area contributed by atoms with Gasteiger partial charge in [-0.2, -0.15) is 23.5 Å². The molecule has 0 radical (unpaired) electrons. The number of nitrogens with one attached hydrogen (secondary N) is 5. The van der Waals surface area contributed by atoms with Crippen LogP contribution in [0.4, 0.5) is 0 Å². The number of ether oxygens (including phenoxy) is 2. The van der Waals surface area contributed by atoms with Crippen molar-refractivity contribution in [2.75, 3.05) is 62.9 Å². The molecule has 0 saturated heterocycles. The van der Waals surface area contributed by atoms with E-state index in [4.69, 9.17) is 26.7 Å². The molecule has 23 nitrogen and oxygen atoms in total. The maximum Gasteiger partial charge on any atom is 0.306 e. The van der Waals surface area contributed by atoms with Gasteiger partial charge in [0.05, 0.1) is 36.7 Å². The molecular formula is C100H181Cl3N8O15S2. The number of esters is 2. The SMILES string of the molecule is CSCC[C@H](CC=O)C(=O)N[C@@H](CC(C)C)C(=O)C[C@@H](Cc1ccccc1)C(=O)NCCCC(=O)[C@H](CCCCN)NC(=O)[C@H](CCCCN)CC(=O)[C@H](CCCCN)NC(=O)[C@H](CO)CC(=O)[C@H](CSCC(COC(=O)CCCCCCCCCCCC(C)C)OC(=O)CCCCCCCCCCCC(C)C)NC(=O)CCCCCCCCCCCC(C)C.Cl.Cl.Cl. The van der Waals surface area contributed by atoms with Gasteiger partial charge in [-0.05, 0) is 157 Å². The first kappa shape index (κ1) is 127. The molecule has 0 bridgehead atoms. The topological polar surface area (TPSA) is 382 Å². The molecule has 744 valence electrons. The number of thioether (sulfide) groups is 2. The molecule has 0 aliphatic rings. The molecule has 0 aliphatic heterocycles. The van der Waals surface area contributed by atoms with Gasteiger partial charge in [0.15, 0.2) is 23.1 Å². The zero-order chi connectivity index (χ0) is 92.5. The molecule has 28 heteroatoms. The average Bonchev–Trinajstić information content (AvgIpc) is 0.865. The van der Waals surface area contributed by atoms with E-state index in [0.717, 1.165) is 88.0 Å². The van der Waals surface area contributed by atoms with Crippen LogP contribution in [0.15, 0.2) is 30.3 Å². The monoisotopic (exact) mass is 1900 g/mol. The summed E-state index contributed by atoms with van der Waals surface area (Å²) in [7, 11) is 0. The summed E-state index contributed by atoms with van der Waals surface area (Å²) in [6.45, 7) is 17.5. The third kappa shape index (κ3) is 69.2. The highest BCUT2D eigenvalue weighted by Crippen LogP contribution is 2.25. The van der Waals surface area contributed by atoms with Gasteiger partial charge in [0.25, 0.3) is 0 Å². The smallest absolute Gasteiger partial charge is 0.306 e. The van der Waals surface area contributed by atoms with Crippen molar-refractivity contribution in [3.05, 3.63) is 35.9 Å². The quantitative estimate of drug-likeness (QED) is 0.0166. The molecule has 12 N–H and O–H groups in total. The highest BCUT2D eigenvalue weighted by atomic mass is 35.5. The van der Waals surface area contributed by atoms with Crippen LogP contribution in [0.3, 0.4) is 0 Å². The number of Topliss-reactive ketones (excluding diaryl/α,β-unsaturated/α-hetero) is 4. The fourth-order valence-electron chi connectivity index (χ4n) is 15.8. The van der Waals surface area contributed by atoms with Gasteiger partial charge in [0.1, 0.15) is 19.0 Å². The number of carbonyl (C=O) groups is 12. The number of aliphatic hydroxyl groups excluding tert-OH is 1. The van der Waals surface area contributed by atoms with Gasteiger partial charge in [-0.15, -0.1) is 37.2 Å². The number of ketones is 4. The molecule has 0 spiro atoms. The first-order valence-corrected chi connectivity index (χ1v) is 52.0. The Hall–Kier alpha value is -4.73. The van der Waals surface area contributed by atoms with Gasteiger partial charge in [-0.25, -0.2) is 0 Å². The molecule has 1 unspecified atom stereocenters. The number of hydrogen-bond donors (Lipinski definition) is 9. The number of hydrogen-bond acceptors (Lipinski definition) is 20. The first-order valence-electron chi connectivity index (χ1n) is 49.4. The lowest BCUT2D eigenvalue weighted by molar-refractivity contribution is -0.157. The number of benzene rings is 1. The van der Waals surface area contributed by atoms with E-state index in [1.165, 1.54) is 114 Å². The van der Waals surface area contributed by atoms with Gasteiger partial charge in [-0.3, -0.25) is 52.7 Å². The molecule has 9 atom stereocenters. The summed E-state index contributed by atoms with van der Waals surface area (Å²) in [5.41, 5.74) is 18.7. The van der Waals surface area contributed by atoms with E-state index >= 15 is 0 Å². The number of aldehydes is 1. The summed E-state index contributed by atoms with van der Waals surface area (Å²) in [6.07, 6.45) is 39.0. The maximum atomic E-state index is 14.8. The highest BCUT2D eigenvalue weighted by molar-refractivity contribution is 7.99. The van der Waals surface area contributed by atoms with Crippen molar-refractivity contribution in [2.45, 2.75) is 413 Å². The van der Waals surface area contributed by atoms with Crippen LogP contribution >= 0.6 is 60.7 Å². The minimum atomic E-state index is -1.36. The molecule has 1 aromatic carbocycles. The van der Waals surface area contributed by atoms with Gasteiger partial charge < -0.3 is 63.2 Å². The number of aliphatic hydroxyl groups is 1. The van der Waals surface area contributed by atoms with Gasteiger partial charge >= 0.3 is 11.9 Å². The molecule has 1 aromatic rings. The average molecular weight is 1910 g/mol. The van der Waals surface area contributed by atoms with Crippen LogP contribution in [0, 0.1) is 47.3 Å². The van der Waals surface area contributed by atoms with E-state index in [0.29, 0.717) is 102 Å². The predicted molar refractivity (Wildman–Crippen MR) is 534 cm³/mol. The van der Waals surface area contributed by atoms with Crippen molar-refractivity contribution >= 4 is 132 Å². The molecule has 0 saturated carbocycles. The number of nitrogens with two attached hydrogens (primary N) is 3. The Kier molecular flexibility index (Phi) is 84.8. The lowest BCUT2D eigenvalue weighted by atomic mass is 9.88. The zero-order valence-electron chi connectivity index (χ0n) is 80.8. The fraction of sp³-hybridized carbons (Fsp3) is 0.820. The van der Waals surface area contributed by atoms with Crippen LogP contribution in [0.25, 0.3) is 0 Å². The molecule has 0 fully saturated rings. The highest BCUT2D eigenvalue weighted by Gasteiger charge is 2.35. The Bertz CT molecular complexity index is 3040. The Balaban J connectivity index is -0.0000521. The molecular weight excluding hydrogens is 1720 g/mol. The van der Waals surface area contributed by atoms with Gasteiger partial charge in [0, 0.05) is 87.2 Å². The van der Waals surface area contributed by atoms with Gasteiger partial charge in [0.2, 0.25) is 29.5 Å². The third-order valence-corrected chi connectivity index (χ3v) is 25.4. The van der Waals surface area contributed by atoms with Crippen molar-refractivity contribution in [3.8, 4) is 0 Å². The lowest BCUT2D eigenvalue weighted by Crippen LogP contribution is -2.48. The van der Waals surface area contributed by atoms with Crippen LogP contribution < -0.4 is 43.8 Å². The Morgan fingerprint density at radius 1 is 0.398 bits per heavy atom.